The lowest BCUT2D eigenvalue weighted by molar-refractivity contribution is -0.140. The van der Waals surface area contributed by atoms with E-state index in [0.29, 0.717) is 17.7 Å². The summed E-state index contributed by atoms with van der Waals surface area (Å²) in [5.41, 5.74) is 0.782. The summed E-state index contributed by atoms with van der Waals surface area (Å²) in [7, 11) is 1.25. The molecule has 3 N–H and O–H groups in total. The molecule has 7 nitrogen and oxygen atoms in total. The number of hydrogen-bond donors (Lipinski definition) is 3. The topological polar surface area (TPSA) is 105 Å². The maximum Gasteiger partial charge on any atom is 0.411 e. The number of amides is 2. The predicted molar refractivity (Wildman–Crippen MR) is 80.8 cm³/mol. The van der Waals surface area contributed by atoms with Crippen molar-refractivity contribution in [3.05, 3.63) is 29.8 Å². The van der Waals surface area contributed by atoms with Crippen LogP contribution in [-0.4, -0.2) is 36.2 Å². The Kier molecular flexibility index (Phi) is 6.37. The summed E-state index contributed by atoms with van der Waals surface area (Å²) in [6.45, 7) is 3.63. The number of benzene rings is 1. The molecular weight excluding hydrogens is 288 g/mol. The van der Waals surface area contributed by atoms with Crippen LogP contribution in [0.15, 0.2) is 24.3 Å². The molecule has 2 amide bonds. The highest BCUT2D eigenvalue weighted by Crippen LogP contribution is 2.12. The highest BCUT2D eigenvalue weighted by Gasteiger charge is 2.25. The molecule has 0 aromatic heterocycles. The minimum Gasteiger partial charge on any atom is -0.480 e. The van der Waals surface area contributed by atoms with E-state index in [2.05, 4.69) is 15.4 Å². The van der Waals surface area contributed by atoms with Gasteiger partial charge in [0.05, 0.1) is 7.11 Å². The molecule has 0 radical (unpaired) electrons. The largest absolute Gasteiger partial charge is 0.480 e. The fourth-order valence-corrected chi connectivity index (χ4v) is 1.78. The van der Waals surface area contributed by atoms with Crippen molar-refractivity contribution in [2.45, 2.75) is 26.3 Å². The molecular formula is C15H20N2O5. The summed E-state index contributed by atoms with van der Waals surface area (Å²) in [5, 5.41) is 14.1. The highest BCUT2D eigenvalue weighted by molar-refractivity contribution is 5.97. The second-order valence-electron chi connectivity index (χ2n) is 4.87. The van der Waals surface area contributed by atoms with Gasteiger partial charge in [-0.15, -0.1) is 0 Å². The molecule has 2 atom stereocenters. The first kappa shape index (κ1) is 17.5. The highest BCUT2D eigenvalue weighted by atomic mass is 16.5. The Bertz CT molecular complexity index is 541. The third-order valence-electron chi connectivity index (χ3n) is 3.34. The van der Waals surface area contributed by atoms with Gasteiger partial charge >= 0.3 is 12.1 Å². The molecule has 0 bridgehead atoms. The molecule has 0 heterocycles. The quantitative estimate of drug-likeness (QED) is 0.746. The van der Waals surface area contributed by atoms with E-state index in [9.17, 15) is 14.4 Å². The molecule has 1 aromatic rings. The summed E-state index contributed by atoms with van der Waals surface area (Å²) in [6.07, 6.45) is 0.0269. The standard InChI is InChI=1S/C15H20N2O5/c1-4-9(2)12(14(19)20)17-13(18)10-5-7-11(8-6-10)16-15(21)22-3/h5-9,12H,4H2,1-3H3,(H,16,21)(H,17,18)(H,19,20)/t9-,12-/m0/s1. The van der Waals surface area contributed by atoms with Gasteiger partial charge in [0.2, 0.25) is 0 Å². The lowest BCUT2D eigenvalue weighted by Gasteiger charge is -2.20. The number of aliphatic carboxylic acids is 1. The van der Waals surface area contributed by atoms with Gasteiger partial charge in [0.15, 0.2) is 0 Å². The number of methoxy groups -OCH3 is 1. The van der Waals surface area contributed by atoms with E-state index >= 15 is 0 Å². The number of ether oxygens (including phenoxy) is 1. The summed E-state index contributed by atoms with van der Waals surface area (Å²) < 4.78 is 4.45. The maximum absolute atomic E-state index is 12.1. The van der Waals surface area contributed by atoms with Crippen molar-refractivity contribution < 1.29 is 24.2 Å². The molecule has 1 rings (SSSR count). The van der Waals surface area contributed by atoms with Gasteiger partial charge in [0.1, 0.15) is 6.04 Å². The molecule has 0 saturated carbocycles. The fourth-order valence-electron chi connectivity index (χ4n) is 1.78. The molecule has 7 heteroatoms. The van der Waals surface area contributed by atoms with Crippen molar-refractivity contribution in [2.24, 2.45) is 5.92 Å². The molecule has 1 aromatic carbocycles. The second kappa shape index (κ2) is 8.02. The van der Waals surface area contributed by atoms with Gasteiger partial charge in [-0.3, -0.25) is 10.1 Å². The van der Waals surface area contributed by atoms with E-state index < -0.39 is 24.0 Å². The maximum atomic E-state index is 12.1. The van der Waals surface area contributed by atoms with E-state index in [1.807, 2.05) is 6.92 Å². The van der Waals surface area contributed by atoms with E-state index in [1.54, 1.807) is 6.92 Å². The predicted octanol–water partition coefficient (Wildman–Crippen LogP) is 2.09. The lowest BCUT2D eigenvalue weighted by Crippen LogP contribution is -2.45. The molecule has 0 aliphatic heterocycles. The lowest BCUT2D eigenvalue weighted by atomic mass is 9.99. The van der Waals surface area contributed by atoms with Crippen LogP contribution < -0.4 is 10.6 Å². The van der Waals surface area contributed by atoms with Gasteiger partial charge in [0.25, 0.3) is 5.91 Å². The van der Waals surface area contributed by atoms with Gasteiger partial charge in [-0.05, 0) is 30.2 Å². The van der Waals surface area contributed by atoms with Crippen LogP contribution in [0.25, 0.3) is 0 Å². The Labute approximate surface area is 128 Å². The molecule has 0 aliphatic carbocycles. The van der Waals surface area contributed by atoms with E-state index in [1.165, 1.54) is 31.4 Å². The first-order chi connectivity index (χ1) is 10.4. The number of hydrogen-bond acceptors (Lipinski definition) is 4. The number of carboxylic acids is 1. The fraction of sp³-hybridized carbons (Fsp3) is 0.400. The van der Waals surface area contributed by atoms with Crippen molar-refractivity contribution >= 4 is 23.7 Å². The summed E-state index contributed by atoms with van der Waals surface area (Å²) in [4.78, 5) is 34.3. The van der Waals surface area contributed by atoms with Crippen LogP contribution in [0.1, 0.15) is 30.6 Å². The van der Waals surface area contributed by atoms with Crippen LogP contribution in [0.3, 0.4) is 0 Å². The Balaban J connectivity index is 2.76. The van der Waals surface area contributed by atoms with Gasteiger partial charge in [-0.2, -0.15) is 0 Å². The number of nitrogens with one attached hydrogen (secondary N) is 2. The van der Waals surface area contributed by atoms with Crippen LogP contribution in [0, 0.1) is 5.92 Å². The Morgan fingerprint density at radius 1 is 1.23 bits per heavy atom. The number of carbonyl (C=O) groups is 3. The van der Waals surface area contributed by atoms with Crippen molar-refractivity contribution in [1.29, 1.82) is 0 Å². The molecule has 0 saturated heterocycles. The van der Waals surface area contributed by atoms with Crippen molar-refractivity contribution in [2.75, 3.05) is 12.4 Å². The minimum atomic E-state index is -1.06. The molecule has 0 unspecified atom stereocenters. The zero-order valence-corrected chi connectivity index (χ0v) is 12.8. The third-order valence-corrected chi connectivity index (χ3v) is 3.34. The normalized spacial score (nSPS) is 12.9. The Morgan fingerprint density at radius 3 is 2.27 bits per heavy atom. The van der Waals surface area contributed by atoms with Crippen LogP contribution in [-0.2, 0) is 9.53 Å². The number of carboxylic acid groups (broad SMARTS) is 1. The van der Waals surface area contributed by atoms with Gasteiger partial charge in [-0.1, -0.05) is 20.3 Å². The molecule has 0 aliphatic rings. The molecule has 120 valence electrons. The summed E-state index contributed by atoms with van der Waals surface area (Å²) in [6, 6.07) is 5.12. The zero-order chi connectivity index (χ0) is 16.7. The minimum absolute atomic E-state index is 0.179. The smallest absolute Gasteiger partial charge is 0.411 e. The monoisotopic (exact) mass is 308 g/mol. The van der Waals surface area contributed by atoms with Crippen molar-refractivity contribution in [3.63, 3.8) is 0 Å². The Morgan fingerprint density at radius 2 is 1.82 bits per heavy atom. The third kappa shape index (κ3) is 4.76. The summed E-state index contributed by atoms with van der Waals surface area (Å²) >= 11 is 0. The van der Waals surface area contributed by atoms with E-state index in [4.69, 9.17) is 5.11 Å². The Hall–Kier alpha value is -2.57. The average molecular weight is 308 g/mol. The van der Waals surface area contributed by atoms with Crippen LogP contribution in [0.5, 0.6) is 0 Å². The van der Waals surface area contributed by atoms with Gasteiger partial charge < -0.3 is 15.2 Å². The van der Waals surface area contributed by atoms with Gasteiger partial charge in [0, 0.05) is 11.3 Å². The van der Waals surface area contributed by atoms with Crippen molar-refractivity contribution in [1.82, 2.24) is 5.32 Å². The molecule has 0 spiro atoms. The summed E-state index contributed by atoms with van der Waals surface area (Å²) in [5.74, 6) is -1.72. The van der Waals surface area contributed by atoms with Crippen LogP contribution >= 0.6 is 0 Å². The number of anilines is 1. The second-order valence-corrected chi connectivity index (χ2v) is 4.87. The SMILES string of the molecule is CC[C@H](C)[C@H](NC(=O)c1ccc(NC(=O)OC)cc1)C(=O)O. The van der Waals surface area contributed by atoms with E-state index in [0.717, 1.165) is 0 Å². The molecule has 0 fully saturated rings. The van der Waals surface area contributed by atoms with Crippen LogP contribution in [0.4, 0.5) is 10.5 Å². The first-order valence-corrected chi connectivity index (χ1v) is 6.87. The number of carbonyl (C=O) groups excluding carboxylic acids is 2. The van der Waals surface area contributed by atoms with Gasteiger partial charge in [-0.25, -0.2) is 9.59 Å². The zero-order valence-electron chi connectivity index (χ0n) is 12.8. The average Bonchev–Trinajstić information content (AvgIpc) is 2.51. The first-order valence-electron chi connectivity index (χ1n) is 6.87. The van der Waals surface area contributed by atoms with Crippen molar-refractivity contribution in [3.8, 4) is 0 Å². The molecule has 22 heavy (non-hydrogen) atoms. The van der Waals surface area contributed by atoms with E-state index in [-0.39, 0.29) is 5.92 Å². The number of rotatable bonds is 6. The van der Waals surface area contributed by atoms with Crippen LogP contribution in [0.2, 0.25) is 0 Å².